The number of nitrogens with zero attached hydrogens (tertiary/aromatic N) is 1. The molecule has 1 heterocycles. The maximum absolute atomic E-state index is 11.8. The second kappa shape index (κ2) is 6.45. The number of pyridine rings is 1. The predicted octanol–water partition coefficient (Wildman–Crippen LogP) is 3.93. The van der Waals surface area contributed by atoms with Crippen molar-refractivity contribution in [1.29, 1.82) is 0 Å². The van der Waals surface area contributed by atoms with Crippen LogP contribution in [-0.2, 0) is 0 Å². The minimum atomic E-state index is -0.516. The smallest absolute Gasteiger partial charge is 0.252 e. The highest BCUT2D eigenvalue weighted by Gasteiger charge is 2.46. The molecular formula is C21H26N2O3. The van der Waals surface area contributed by atoms with Crippen molar-refractivity contribution in [2.24, 2.45) is 23.5 Å². The quantitative estimate of drug-likeness (QED) is 0.883. The highest BCUT2D eigenvalue weighted by molar-refractivity contribution is 6.01. The standard InChI is InChI=1S/C21H26N2O3/c1-11(2)25-20-10-15-17(9-16(20)21(22)24)23-7-6-18(15)26-19-8-13-4-5-14(19)12(13)3/h6-7,9-14,19H,4-5,8H2,1-3H3,(H2,22,24)/t12?,13?,14?,19-/m1/s1. The Morgan fingerprint density at radius 1 is 1.27 bits per heavy atom. The number of carbonyl (C=O) groups excluding carboxylic acids is 1. The van der Waals surface area contributed by atoms with Crippen LogP contribution in [0.15, 0.2) is 24.4 Å². The Kier molecular flexibility index (Phi) is 4.25. The summed E-state index contributed by atoms with van der Waals surface area (Å²) in [6.07, 6.45) is 5.65. The lowest BCUT2D eigenvalue weighted by Gasteiger charge is -2.24. The van der Waals surface area contributed by atoms with E-state index in [4.69, 9.17) is 15.2 Å². The number of rotatable bonds is 5. The molecule has 3 unspecified atom stereocenters. The maximum Gasteiger partial charge on any atom is 0.252 e. The number of nitrogens with two attached hydrogens (primary N) is 1. The Labute approximate surface area is 153 Å². The summed E-state index contributed by atoms with van der Waals surface area (Å²) in [5, 5.41) is 0.864. The van der Waals surface area contributed by atoms with Gasteiger partial charge in [-0.15, -0.1) is 0 Å². The molecule has 2 fully saturated rings. The Balaban J connectivity index is 1.72. The van der Waals surface area contributed by atoms with Gasteiger partial charge in [0.1, 0.15) is 17.6 Å². The highest BCUT2D eigenvalue weighted by atomic mass is 16.5. The zero-order chi connectivity index (χ0) is 18.4. The molecule has 2 aliphatic rings. The molecule has 5 nitrogen and oxygen atoms in total. The van der Waals surface area contributed by atoms with Gasteiger partial charge in [0.15, 0.2) is 0 Å². The summed E-state index contributed by atoms with van der Waals surface area (Å²) in [6.45, 7) is 6.20. The fraction of sp³-hybridized carbons (Fsp3) is 0.524. The largest absolute Gasteiger partial charge is 0.490 e. The molecule has 0 radical (unpaired) electrons. The van der Waals surface area contributed by atoms with E-state index in [1.54, 1.807) is 12.3 Å². The lowest BCUT2D eigenvalue weighted by Crippen LogP contribution is -2.24. The molecule has 0 saturated heterocycles. The van der Waals surface area contributed by atoms with Gasteiger partial charge in [-0.2, -0.15) is 0 Å². The van der Waals surface area contributed by atoms with Gasteiger partial charge in [0, 0.05) is 11.6 Å². The molecule has 1 aromatic heterocycles. The first kappa shape index (κ1) is 17.1. The van der Waals surface area contributed by atoms with Gasteiger partial charge in [-0.3, -0.25) is 9.78 Å². The van der Waals surface area contributed by atoms with Crippen molar-refractivity contribution in [3.05, 3.63) is 30.0 Å². The predicted molar refractivity (Wildman–Crippen MR) is 100 cm³/mol. The number of ether oxygens (including phenoxy) is 2. The van der Waals surface area contributed by atoms with E-state index in [9.17, 15) is 4.79 Å². The van der Waals surface area contributed by atoms with E-state index in [1.807, 2.05) is 26.0 Å². The molecule has 0 spiro atoms. The molecule has 2 N–H and O–H groups in total. The molecule has 2 aliphatic carbocycles. The van der Waals surface area contributed by atoms with Crippen LogP contribution in [0.2, 0.25) is 0 Å². The fourth-order valence-electron chi connectivity index (χ4n) is 4.70. The number of carbonyl (C=O) groups is 1. The molecule has 4 atom stereocenters. The Morgan fingerprint density at radius 3 is 2.69 bits per heavy atom. The van der Waals surface area contributed by atoms with Crippen molar-refractivity contribution >= 4 is 16.8 Å². The number of aromatic nitrogens is 1. The summed E-state index contributed by atoms with van der Waals surface area (Å²) in [7, 11) is 0. The molecule has 26 heavy (non-hydrogen) atoms. The molecular weight excluding hydrogens is 328 g/mol. The Hall–Kier alpha value is -2.30. The van der Waals surface area contributed by atoms with E-state index in [2.05, 4.69) is 11.9 Å². The number of hydrogen-bond donors (Lipinski definition) is 1. The van der Waals surface area contributed by atoms with Gasteiger partial charge in [-0.05, 0) is 69.1 Å². The van der Waals surface area contributed by atoms with Crippen LogP contribution in [0.4, 0.5) is 0 Å². The first-order chi connectivity index (χ1) is 12.4. The van der Waals surface area contributed by atoms with E-state index < -0.39 is 5.91 Å². The molecule has 2 bridgehead atoms. The van der Waals surface area contributed by atoms with Gasteiger partial charge >= 0.3 is 0 Å². The van der Waals surface area contributed by atoms with Crippen LogP contribution < -0.4 is 15.2 Å². The SMILES string of the molecule is CC(C)Oc1cc2c(O[C@@H]3CC4CCC3C4C)ccnc2cc1C(N)=O. The minimum absolute atomic E-state index is 0.0574. The average molecular weight is 354 g/mol. The Morgan fingerprint density at radius 2 is 2.08 bits per heavy atom. The van der Waals surface area contributed by atoms with E-state index in [0.29, 0.717) is 22.7 Å². The van der Waals surface area contributed by atoms with Gasteiger partial charge < -0.3 is 15.2 Å². The second-order valence-electron chi connectivity index (χ2n) is 7.96. The van der Waals surface area contributed by atoms with E-state index in [0.717, 1.165) is 29.4 Å². The van der Waals surface area contributed by atoms with Crippen molar-refractivity contribution < 1.29 is 14.3 Å². The van der Waals surface area contributed by atoms with Gasteiger partial charge in [-0.25, -0.2) is 0 Å². The van der Waals surface area contributed by atoms with Crippen LogP contribution in [-0.4, -0.2) is 23.1 Å². The molecule has 2 aromatic rings. The minimum Gasteiger partial charge on any atom is -0.490 e. The summed E-state index contributed by atoms with van der Waals surface area (Å²) in [5.41, 5.74) is 6.58. The monoisotopic (exact) mass is 354 g/mol. The number of benzene rings is 1. The van der Waals surface area contributed by atoms with Crippen LogP contribution in [0.25, 0.3) is 10.9 Å². The summed E-state index contributed by atoms with van der Waals surface area (Å²) in [4.78, 5) is 16.2. The van der Waals surface area contributed by atoms with Gasteiger partial charge in [0.25, 0.3) is 5.91 Å². The second-order valence-corrected chi connectivity index (χ2v) is 7.96. The number of primary amides is 1. The summed E-state index contributed by atoms with van der Waals surface area (Å²) in [5.74, 6) is 2.95. The van der Waals surface area contributed by atoms with Crippen LogP contribution >= 0.6 is 0 Å². The summed E-state index contributed by atoms with van der Waals surface area (Å²) in [6, 6.07) is 5.45. The zero-order valence-corrected chi connectivity index (χ0v) is 15.6. The van der Waals surface area contributed by atoms with E-state index >= 15 is 0 Å². The van der Waals surface area contributed by atoms with Crippen LogP contribution in [0.1, 0.15) is 50.4 Å². The number of amides is 1. The van der Waals surface area contributed by atoms with Crippen molar-refractivity contribution in [1.82, 2.24) is 4.98 Å². The Bertz CT molecular complexity index is 849. The summed E-state index contributed by atoms with van der Waals surface area (Å²) < 4.78 is 12.3. The molecule has 138 valence electrons. The average Bonchev–Trinajstić information content (AvgIpc) is 3.08. The van der Waals surface area contributed by atoms with Crippen molar-refractivity contribution in [2.75, 3.05) is 0 Å². The van der Waals surface area contributed by atoms with Crippen LogP contribution in [0.3, 0.4) is 0 Å². The normalized spacial score (nSPS) is 27.2. The van der Waals surface area contributed by atoms with Crippen molar-refractivity contribution in [3.8, 4) is 11.5 Å². The number of hydrogen-bond acceptors (Lipinski definition) is 4. The third-order valence-corrected chi connectivity index (χ3v) is 6.01. The van der Waals surface area contributed by atoms with Crippen molar-refractivity contribution in [2.45, 2.75) is 52.2 Å². The molecule has 0 aliphatic heterocycles. The first-order valence-electron chi connectivity index (χ1n) is 9.50. The van der Waals surface area contributed by atoms with Crippen LogP contribution in [0, 0.1) is 17.8 Å². The van der Waals surface area contributed by atoms with E-state index in [1.165, 1.54) is 12.8 Å². The van der Waals surface area contributed by atoms with Crippen molar-refractivity contribution in [3.63, 3.8) is 0 Å². The number of fused-ring (bicyclic) bond motifs is 3. The molecule has 2 saturated carbocycles. The molecule has 5 heteroatoms. The van der Waals surface area contributed by atoms with Gasteiger partial charge in [0.2, 0.25) is 0 Å². The molecule has 1 amide bonds. The summed E-state index contributed by atoms with van der Waals surface area (Å²) >= 11 is 0. The van der Waals surface area contributed by atoms with Gasteiger partial charge in [0.05, 0.1) is 17.2 Å². The maximum atomic E-state index is 11.8. The highest BCUT2D eigenvalue weighted by Crippen LogP contribution is 2.50. The lowest BCUT2D eigenvalue weighted by atomic mass is 9.97. The zero-order valence-electron chi connectivity index (χ0n) is 15.6. The van der Waals surface area contributed by atoms with Gasteiger partial charge in [-0.1, -0.05) is 6.92 Å². The lowest BCUT2D eigenvalue weighted by molar-refractivity contribution is 0.0994. The first-order valence-corrected chi connectivity index (χ1v) is 9.50. The third-order valence-electron chi connectivity index (χ3n) is 6.01. The van der Waals surface area contributed by atoms with E-state index in [-0.39, 0.29) is 12.2 Å². The molecule has 1 aromatic carbocycles. The third kappa shape index (κ3) is 2.89. The molecule has 4 rings (SSSR count). The topological polar surface area (TPSA) is 74.4 Å². The fourth-order valence-corrected chi connectivity index (χ4v) is 4.70. The van der Waals surface area contributed by atoms with Crippen LogP contribution in [0.5, 0.6) is 11.5 Å².